The monoisotopic (exact) mass is 1010 g/mol. The molecule has 0 spiro atoms. The first-order chi connectivity index (χ1) is 32.2. The molecule has 3 aliphatic rings. The van der Waals surface area contributed by atoms with Gasteiger partial charge in [0.2, 0.25) is 5.69 Å². The summed E-state index contributed by atoms with van der Waals surface area (Å²) >= 11 is -10.8. The third kappa shape index (κ3) is 10.3. The molecule has 19 nitrogen and oxygen atoms in total. The van der Waals surface area contributed by atoms with Gasteiger partial charge < -0.3 is 26.5 Å². The van der Waals surface area contributed by atoms with Crippen LogP contribution in [0.4, 0.5) is 11.4 Å². The van der Waals surface area contributed by atoms with Crippen molar-refractivity contribution < 1.29 is 75.6 Å². The quantitative estimate of drug-likeness (QED) is 0.0234. The minimum atomic E-state index is -2.73. The smallest absolute Gasteiger partial charge is 0.357 e. The summed E-state index contributed by atoms with van der Waals surface area (Å²) < 4.78 is 108. The average Bonchev–Trinajstić information content (AvgIpc) is 3.77. The van der Waals surface area contributed by atoms with Crippen LogP contribution in [-0.2, 0) is 75.5 Å². The van der Waals surface area contributed by atoms with Crippen LogP contribution in [0.15, 0.2) is 84.6 Å². The van der Waals surface area contributed by atoms with Gasteiger partial charge in [0.1, 0.15) is 18.0 Å². The van der Waals surface area contributed by atoms with Gasteiger partial charge >= 0.3 is 51.4 Å². The van der Waals surface area contributed by atoms with Crippen LogP contribution < -0.4 is 21.6 Å². The van der Waals surface area contributed by atoms with Gasteiger partial charge in [0.15, 0.2) is 17.2 Å². The Morgan fingerprint density at radius 1 is 0.691 bits per heavy atom. The Labute approximate surface area is 401 Å². The highest BCUT2D eigenvalue weighted by atomic mass is 32.2. The number of hydrogen-bond acceptors (Lipinski definition) is 13. The van der Waals surface area contributed by atoms with Gasteiger partial charge in [0, 0.05) is 95.0 Å². The molecule has 3 aliphatic heterocycles. The van der Waals surface area contributed by atoms with Gasteiger partial charge in [0.25, 0.3) is 11.8 Å². The van der Waals surface area contributed by atoms with E-state index in [1.807, 2.05) is 77.1 Å². The van der Waals surface area contributed by atoms with Crippen molar-refractivity contribution in [3.63, 3.8) is 0 Å². The van der Waals surface area contributed by atoms with Crippen molar-refractivity contribution >= 4 is 102 Å². The fourth-order valence-electron chi connectivity index (χ4n) is 9.29. The predicted molar refractivity (Wildman–Crippen MR) is 254 cm³/mol. The Kier molecular flexibility index (Phi) is 15.2. The third-order valence-electron chi connectivity index (χ3n) is 12.0. The topological polar surface area (TPSA) is 256 Å². The zero-order valence-electron chi connectivity index (χ0n) is 37.3. The van der Waals surface area contributed by atoms with Gasteiger partial charge in [-0.1, -0.05) is 32.1 Å². The SMILES string of the molecule is CCN1\C(=C/C=C/C=C/C2=[N+](CCCCCC(=O)ON3C(=O)CCC3=O)c3ccc4c(OS(=O)O)cc(OS(=O)O)cc4c3C2(C)C)C(C)(C)c2c1ccc1c(OS(=O)O)cc(OS(=O)O)cc21. The van der Waals surface area contributed by atoms with Crippen LogP contribution in [0.5, 0.6) is 23.0 Å². The lowest BCUT2D eigenvalue weighted by Gasteiger charge is -2.26. The summed E-state index contributed by atoms with van der Waals surface area (Å²) in [5.41, 5.74) is 3.60. The van der Waals surface area contributed by atoms with Crippen molar-refractivity contribution in [2.24, 2.45) is 0 Å². The molecule has 4 aromatic carbocycles. The van der Waals surface area contributed by atoms with Crippen molar-refractivity contribution in [2.45, 2.75) is 84.0 Å². The summed E-state index contributed by atoms with van der Waals surface area (Å²) in [4.78, 5) is 43.5. The zero-order valence-corrected chi connectivity index (χ0v) is 40.6. The number of benzene rings is 4. The van der Waals surface area contributed by atoms with E-state index in [1.54, 1.807) is 24.3 Å². The zero-order chi connectivity index (χ0) is 49.2. The number of rotatable bonds is 19. The van der Waals surface area contributed by atoms with Crippen LogP contribution in [0.1, 0.15) is 84.3 Å². The molecule has 0 radical (unpaired) electrons. The minimum Gasteiger partial charge on any atom is -0.380 e. The van der Waals surface area contributed by atoms with Crippen LogP contribution in [0.25, 0.3) is 21.5 Å². The number of anilines is 1. The fourth-order valence-corrected chi connectivity index (χ4v) is 10.4. The molecular formula is C45H48N3O16S4+. The van der Waals surface area contributed by atoms with Crippen molar-refractivity contribution in [3.8, 4) is 23.0 Å². The maximum absolute atomic E-state index is 12.5. The molecule has 68 heavy (non-hydrogen) atoms. The van der Waals surface area contributed by atoms with E-state index in [9.17, 15) is 49.4 Å². The highest BCUT2D eigenvalue weighted by Crippen LogP contribution is 2.53. The molecular weight excluding hydrogens is 967 g/mol. The first-order valence-electron chi connectivity index (χ1n) is 21.2. The van der Waals surface area contributed by atoms with Crippen molar-refractivity contribution in [1.82, 2.24) is 5.06 Å². The molecule has 1 saturated heterocycles. The van der Waals surface area contributed by atoms with E-state index >= 15 is 0 Å². The van der Waals surface area contributed by atoms with Gasteiger partial charge in [-0.3, -0.25) is 27.8 Å². The van der Waals surface area contributed by atoms with Crippen LogP contribution in [0, 0.1) is 0 Å². The number of allylic oxidation sites excluding steroid dienone is 6. The Morgan fingerprint density at radius 2 is 1.25 bits per heavy atom. The maximum atomic E-state index is 12.5. The van der Waals surface area contributed by atoms with Crippen LogP contribution in [0.2, 0.25) is 0 Å². The second-order valence-corrected chi connectivity index (χ2v) is 19.2. The molecule has 4 aromatic rings. The molecule has 7 rings (SSSR count). The Bertz CT molecular complexity index is 2950. The summed E-state index contributed by atoms with van der Waals surface area (Å²) in [6.07, 6.45) is 11.2. The molecule has 0 saturated carbocycles. The second kappa shape index (κ2) is 20.5. The maximum Gasteiger partial charge on any atom is 0.357 e. The van der Waals surface area contributed by atoms with E-state index in [0.717, 1.165) is 33.9 Å². The standard InChI is InChI=1S/C45H47N3O16S4/c1-6-46-33-18-16-29-31(23-27(61-65(52)53)25-35(29)63-67(56)57)42(33)44(2,3)37(46)13-9-7-10-14-38-45(4,5)43-32-24-28(62-66(54)55)26-36(64-68(58)59)30(32)17-19-34(43)47(38)22-12-8-11-15-41(51)60-48-39(49)20-21-40(48)50/h7,9-10,13-14,16-19,23-26H,6,8,11-12,15,20-22H2,1-5H3,(H3-,52,53,54,55,56,57,58,59)/p+1. The summed E-state index contributed by atoms with van der Waals surface area (Å²) in [6.45, 7) is 11.1. The van der Waals surface area contributed by atoms with E-state index in [0.29, 0.717) is 59.0 Å². The first-order valence-corrected chi connectivity index (χ1v) is 25.3. The Balaban J connectivity index is 1.22. The van der Waals surface area contributed by atoms with Gasteiger partial charge in [-0.15, -0.1) is 5.06 Å². The van der Waals surface area contributed by atoms with Crippen molar-refractivity contribution in [1.29, 1.82) is 0 Å². The number of unbranched alkanes of at least 4 members (excludes halogenated alkanes) is 2. The summed E-state index contributed by atoms with van der Waals surface area (Å²) in [7, 11) is 0. The van der Waals surface area contributed by atoms with E-state index in [-0.39, 0.29) is 42.3 Å². The summed E-state index contributed by atoms with van der Waals surface area (Å²) in [6, 6.07) is 12.9. The van der Waals surface area contributed by atoms with Crippen molar-refractivity contribution in [2.75, 3.05) is 18.0 Å². The number of likely N-dealkylation sites (N-methyl/N-ethyl adjacent to an activating group) is 1. The first kappa shape index (κ1) is 50.2. The summed E-state index contributed by atoms with van der Waals surface area (Å²) in [5.74, 6) is -1.96. The molecule has 0 aliphatic carbocycles. The highest BCUT2D eigenvalue weighted by molar-refractivity contribution is 7.75. The number of nitrogens with zero attached hydrogens (tertiary/aromatic N) is 3. The molecule has 2 amide bonds. The number of amides is 2. The lowest BCUT2D eigenvalue weighted by atomic mass is 9.79. The lowest BCUT2D eigenvalue weighted by Crippen LogP contribution is -2.31. The van der Waals surface area contributed by atoms with Gasteiger partial charge in [-0.05, 0) is 81.0 Å². The molecule has 4 N–H and O–H groups in total. The van der Waals surface area contributed by atoms with Gasteiger partial charge in [-0.2, -0.15) is 21.4 Å². The minimum absolute atomic E-state index is 0.00414. The van der Waals surface area contributed by atoms with Crippen LogP contribution in [0.3, 0.4) is 0 Å². The van der Waals surface area contributed by atoms with Gasteiger partial charge in [0.05, 0.1) is 5.41 Å². The molecule has 0 aromatic heterocycles. The molecule has 0 bridgehead atoms. The molecule has 3 heterocycles. The molecule has 362 valence electrons. The summed E-state index contributed by atoms with van der Waals surface area (Å²) in [5, 5.41) is 2.61. The van der Waals surface area contributed by atoms with E-state index in [1.165, 1.54) is 12.1 Å². The van der Waals surface area contributed by atoms with Crippen LogP contribution in [-0.4, -0.2) is 81.3 Å². The highest BCUT2D eigenvalue weighted by Gasteiger charge is 2.46. The predicted octanol–water partition coefficient (Wildman–Crippen LogP) is 7.41. The van der Waals surface area contributed by atoms with E-state index in [4.69, 9.17) is 21.6 Å². The lowest BCUT2D eigenvalue weighted by molar-refractivity contribution is -0.438. The van der Waals surface area contributed by atoms with E-state index in [2.05, 4.69) is 9.48 Å². The Morgan fingerprint density at radius 3 is 1.81 bits per heavy atom. The molecule has 23 heteroatoms. The number of carbonyl (C=O) groups excluding carboxylic acids is 3. The number of hydroxylamine groups is 2. The fraction of sp³-hybridized carbons (Fsp3) is 0.333. The molecule has 1 fully saturated rings. The third-order valence-corrected chi connectivity index (χ3v) is 13.3. The average molecular weight is 1020 g/mol. The Hall–Kier alpha value is -5.66. The second-order valence-electron chi connectivity index (χ2n) is 16.8. The molecule has 4 atom stereocenters. The van der Waals surface area contributed by atoms with Gasteiger partial charge in [-0.25, -0.2) is 4.79 Å². The van der Waals surface area contributed by atoms with Crippen LogP contribution >= 0.6 is 0 Å². The number of imide groups is 1. The number of fused-ring (bicyclic) bond motifs is 6. The van der Waals surface area contributed by atoms with E-state index < -0.39 is 74.1 Å². The number of carbonyl (C=O) groups is 3. The molecule has 4 unspecified atom stereocenters. The van der Waals surface area contributed by atoms with Crippen molar-refractivity contribution in [3.05, 3.63) is 95.7 Å². The number of hydrogen-bond donors (Lipinski definition) is 4. The normalized spacial score (nSPS) is 18.8. The largest absolute Gasteiger partial charge is 0.380 e.